The molecule has 6 heteroatoms. The van der Waals surface area contributed by atoms with Crippen molar-refractivity contribution >= 4 is 40.1 Å². The molecule has 2 aliphatic rings. The third kappa shape index (κ3) is 1.90. The van der Waals surface area contributed by atoms with Crippen LogP contribution >= 0.6 is 22.9 Å². The average Bonchev–Trinajstić information content (AvgIpc) is 2.31. The first-order valence-corrected chi connectivity index (χ1v) is 6.42. The molecule has 1 aromatic carbocycles. The first-order valence-electron chi connectivity index (χ1n) is 5.46. The number of aliphatic hydroxyl groups is 1. The highest BCUT2D eigenvalue weighted by atomic mass is 127. The van der Waals surface area contributed by atoms with Crippen molar-refractivity contribution in [3.63, 3.8) is 0 Å². The van der Waals surface area contributed by atoms with Crippen LogP contribution in [-0.4, -0.2) is 26.9 Å². The number of hydrogen-bond acceptors (Lipinski definition) is 4. The van der Waals surface area contributed by atoms with Crippen LogP contribution < -0.4 is 10.6 Å². The molecule has 3 rings (SSSR count). The molecule has 0 aromatic heterocycles. The van der Waals surface area contributed by atoms with Crippen LogP contribution in [0.4, 0.5) is 11.4 Å². The van der Waals surface area contributed by atoms with Gasteiger partial charge in [0.15, 0.2) is 0 Å². The minimum atomic E-state index is -1.15. The molecule has 17 heavy (non-hydrogen) atoms. The number of benzene rings is 1. The maximum absolute atomic E-state index is 11.5. The molecule has 5 nitrogen and oxygen atoms in total. The summed E-state index contributed by atoms with van der Waals surface area (Å²) in [5, 5.41) is 15.0. The third-order valence-corrected chi connectivity index (χ3v) is 3.98. The highest BCUT2D eigenvalue weighted by Gasteiger charge is 2.28. The average molecular weight is 345 g/mol. The Balaban J connectivity index is 2.08. The van der Waals surface area contributed by atoms with Gasteiger partial charge in [0, 0.05) is 36.0 Å². The Labute approximate surface area is 113 Å². The van der Waals surface area contributed by atoms with E-state index in [1.165, 1.54) is 5.56 Å². The van der Waals surface area contributed by atoms with Gasteiger partial charge >= 0.3 is 0 Å². The summed E-state index contributed by atoms with van der Waals surface area (Å²) in [4.78, 5) is 11.5. The lowest BCUT2D eigenvalue weighted by Crippen LogP contribution is -2.39. The van der Waals surface area contributed by atoms with E-state index < -0.39 is 12.1 Å². The fourth-order valence-electron chi connectivity index (χ4n) is 2.27. The molecular formula is C11H12IN3O2. The van der Waals surface area contributed by atoms with Crippen molar-refractivity contribution in [3.05, 3.63) is 23.3 Å². The summed E-state index contributed by atoms with van der Waals surface area (Å²) in [7, 11) is 0. The second kappa shape index (κ2) is 4.11. The standard InChI is InChI=1S/C11H12IN3O2/c12-15-4-3-6-1-2-8-9(7(6)5-15)14-11(17)10(16)13-8/h1-2,10,13,16H,3-5H2,(H,14,17). The normalized spacial score (nSPS) is 23.4. The minimum Gasteiger partial charge on any atom is -0.366 e. The molecule has 2 heterocycles. The Morgan fingerprint density at radius 2 is 2.29 bits per heavy atom. The maximum Gasteiger partial charge on any atom is 0.274 e. The molecule has 1 amide bonds. The summed E-state index contributed by atoms with van der Waals surface area (Å²) in [5.74, 6) is -0.392. The highest BCUT2D eigenvalue weighted by Crippen LogP contribution is 2.36. The lowest BCUT2D eigenvalue weighted by molar-refractivity contribution is -0.122. The van der Waals surface area contributed by atoms with Crippen LogP contribution in [0.1, 0.15) is 11.1 Å². The van der Waals surface area contributed by atoms with Crippen LogP contribution in [0.5, 0.6) is 0 Å². The van der Waals surface area contributed by atoms with Gasteiger partial charge in [0.1, 0.15) is 0 Å². The van der Waals surface area contributed by atoms with E-state index in [1.807, 2.05) is 6.07 Å². The number of hydrogen-bond donors (Lipinski definition) is 3. The molecule has 1 aromatic rings. The molecule has 1 unspecified atom stereocenters. The van der Waals surface area contributed by atoms with Gasteiger partial charge in [-0.25, -0.2) is 3.11 Å². The fraction of sp³-hybridized carbons (Fsp3) is 0.364. The minimum absolute atomic E-state index is 0.392. The fourth-order valence-corrected chi connectivity index (χ4v) is 2.85. The van der Waals surface area contributed by atoms with E-state index in [9.17, 15) is 9.90 Å². The predicted octanol–water partition coefficient (Wildman–Crippen LogP) is 1.08. The number of carbonyl (C=O) groups excluding carboxylic acids is 1. The van der Waals surface area contributed by atoms with Crippen molar-refractivity contribution in [1.82, 2.24) is 3.11 Å². The monoisotopic (exact) mass is 345 g/mol. The van der Waals surface area contributed by atoms with Crippen LogP contribution in [0.25, 0.3) is 0 Å². The number of carbonyl (C=O) groups is 1. The van der Waals surface area contributed by atoms with E-state index in [0.29, 0.717) is 0 Å². The summed E-state index contributed by atoms with van der Waals surface area (Å²) < 4.78 is 2.19. The third-order valence-electron chi connectivity index (χ3n) is 3.15. The summed E-state index contributed by atoms with van der Waals surface area (Å²) in [6.07, 6.45) is -0.163. The lowest BCUT2D eigenvalue weighted by Gasteiger charge is -2.30. The van der Waals surface area contributed by atoms with E-state index in [4.69, 9.17) is 0 Å². The van der Waals surface area contributed by atoms with Gasteiger partial charge in [-0.1, -0.05) is 6.07 Å². The van der Waals surface area contributed by atoms with Gasteiger partial charge in [-0.3, -0.25) is 4.79 Å². The number of amides is 1. The van der Waals surface area contributed by atoms with Crippen LogP contribution in [0.3, 0.4) is 0 Å². The molecule has 0 radical (unpaired) electrons. The molecular weight excluding hydrogens is 333 g/mol. The largest absolute Gasteiger partial charge is 0.366 e. The Kier molecular flexibility index (Phi) is 2.72. The Morgan fingerprint density at radius 1 is 1.47 bits per heavy atom. The maximum atomic E-state index is 11.5. The zero-order valence-corrected chi connectivity index (χ0v) is 11.2. The zero-order valence-electron chi connectivity index (χ0n) is 9.03. The van der Waals surface area contributed by atoms with E-state index >= 15 is 0 Å². The first-order chi connectivity index (χ1) is 8.15. The van der Waals surface area contributed by atoms with Crippen molar-refractivity contribution in [3.8, 4) is 0 Å². The topological polar surface area (TPSA) is 64.6 Å². The van der Waals surface area contributed by atoms with Crippen molar-refractivity contribution in [2.75, 3.05) is 17.2 Å². The quantitative estimate of drug-likeness (QED) is 0.486. The van der Waals surface area contributed by atoms with Crippen molar-refractivity contribution in [2.24, 2.45) is 0 Å². The Morgan fingerprint density at radius 3 is 3.12 bits per heavy atom. The second-order valence-electron chi connectivity index (χ2n) is 4.26. The molecule has 0 spiro atoms. The Bertz CT molecular complexity index is 492. The van der Waals surface area contributed by atoms with Gasteiger partial charge in [-0.15, -0.1) is 0 Å². The second-order valence-corrected chi connectivity index (χ2v) is 5.62. The van der Waals surface area contributed by atoms with Crippen molar-refractivity contribution < 1.29 is 9.90 Å². The van der Waals surface area contributed by atoms with E-state index in [1.54, 1.807) is 0 Å². The lowest BCUT2D eigenvalue weighted by atomic mass is 9.97. The molecule has 3 N–H and O–H groups in total. The summed E-state index contributed by atoms with van der Waals surface area (Å²) >= 11 is 2.29. The van der Waals surface area contributed by atoms with Gasteiger partial charge in [0.2, 0.25) is 6.23 Å². The molecule has 1 atom stereocenters. The summed E-state index contributed by atoms with van der Waals surface area (Å²) in [6.45, 7) is 1.84. The number of rotatable bonds is 0. The van der Waals surface area contributed by atoms with Crippen LogP contribution in [0.15, 0.2) is 12.1 Å². The number of halogens is 1. The number of aliphatic hydroxyl groups excluding tert-OH is 1. The summed E-state index contributed by atoms with van der Waals surface area (Å²) in [6, 6.07) is 3.98. The molecule has 0 fully saturated rings. The zero-order chi connectivity index (χ0) is 12.0. The molecule has 0 bridgehead atoms. The summed E-state index contributed by atoms with van der Waals surface area (Å²) in [5.41, 5.74) is 4.03. The van der Waals surface area contributed by atoms with E-state index in [0.717, 1.165) is 36.4 Å². The molecule has 0 saturated heterocycles. The van der Waals surface area contributed by atoms with Gasteiger partial charge in [-0.2, -0.15) is 0 Å². The smallest absolute Gasteiger partial charge is 0.274 e. The van der Waals surface area contributed by atoms with Gasteiger partial charge in [0.25, 0.3) is 5.91 Å². The highest BCUT2D eigenvalue weighted by molar-refractivity contribution is 14.1. The Hall–Kier alpha value is -0.860. The predicted molar refractivity (Wildman–Crippen MR) is 72.8 cm³/mol. The van der Waals surface area contributed by atoms with E-state index in [2.05, 4.69) is 42.7 Å². The van der Waals surface area contributed by atoms with Crippen LogP contribution in [0, 0.1) is 0 Å². The number of nitrogens with zero attached hydrogens (tertiary/aromatic N) is 1. The van der Waals surface area contributed by atoms with Gasteiger partial charge in [0.05, 0.1) is 11.4 Å². The molecule has 0 saturated carbocycles. The van der Waals surface area contributed by atoms with Crippen LogP contribution in [-0.2, 0) is 17.8 Å². The van der Waals surface area contributed by atoms with Crippen molar-refractivity contribution in [1.29, 1.82) is 0 Å². The van der Waals surface area contributed by atoms with E-state index in [-0.39, 0.29) is 0 Å². The molecule has 2 aliphatic heterocycles. The SMILES string of the molecule is O=C1Nc2c(ccc3c2CN(I)CC3)NC1O. The van der Waals surface area contributed by atoms with Gasteiger partial charge in [-0.05, 0) is 23.6 Å². The molecule has 90 valence electrons. The number of nitrogens with one attached hydrogen (secondary N) is 2. The number of fused-ring (bicyclic) bond motifs is 3. The first kappa shape index (κ1) is 11.2. The number of anilines is 2. The van der Waals surface area contributed by atoms with Crippen molar-refractivity contribution in [2.45, 2.75) is 19.2 Å². The van der Waals surface area contributed by atoms with Gasteiger partial charge < -0.3 is 15.7 Å². The van der Waals surface area contributed by atoms with Crippen LogP contribution in [0.2, 0.25) is 0 Å². The molecule has 0 aliphatic carbocycles.